The number of pyridine rings is 2. The van der Waals surface area contributed by atoms with Crippen molar-refractivity contribution in [2.24, 2.45) is 0 Å². The molecule has 0 N–H and O–H groups in total. The molecule has 0 spiro atoms. The molecule has 0 aromatic carbocycles. The van der Waals surface area contributed by atoms with Crippen LogP contribution >= 0.6 is 27.5 Å². The van der Waals surface area contributed by atoms with E-state index in [-0.39, 0.29) is 0 Å². The van der Waals surface area contributed by atoms with Crippen LogP contribution in [0.4, 0.5) is 5.82 Å². The van der Waals surface area contributed by atoms with Crippen LogP contribution in [0.25, 0.3) is 0 Å². The number of nitrogens with zero attached hydrogens (tertiary/aromatic N) is 3. The monoisotopic (exact) mass is 339 g/mol. The van der Waals surface area contributed by atoms with Crippen LogP contribution in [0.2, 0.25) is 0 Å². The normalized spacial score (nSPS) is 10.5. The van der Waals surface area contributed by atoms with Crippen molar-refractivity contribution in [1.29, 1.82) is 0 Å². The lowest BCUT2D eigenvalue weighted by atomic mass is 10.2. The van der Waals surface area contributed by atoms with Gasteiger partial charge in [-0.25, -0.2) is 4.98 Å². The van der Waals surface area contributed by atoms with Crippen molar-refractivity contribution in [3.05, 3.63) is 52.4 Å². The highest BCUT2D eigenvalue weighted by atomic mass is 79.9. The van der Waals surface area contributed by atoms with Gasteiger partial charge in [-0.1, -0.05) is 0 Å². The van der Waals surface area contributed by atoms with Crippen LogP contribution in [-0.2, 0) is 12.4 Å². The second-order valence-electron chi connectivity index (χ2n) is 4.14. The third kappa shape index (κ3) is 3.67. The maximum Gasteiger partial charge on any atom is 0.133 e. The molecule has 0 saturated carbocycles. The summed E-state index contributed by atoms with van der Waals surface area (Å²) in [7, 11) is 0. The second-order valence-corrected chi connectivity index (χ2v) is 5.32. The summed E-state index contributed by atoms with van der Waals surface area (Å²) in [4.78, 5) is 10.7. The minimum Gasteiger partial charge on any atom is -0.352 e. The van der Waals surface area contributed by atoms with Gasteiger partial charge >= 0.3 is 0 Å². The van der Waals surface area contributed by atoms with E-state index in [4.69, 9.17) is 11.6 Å². The van der Waals surface area contributed by atoms with E-state index < -0.39 is 0 Å². The van der Waals surface area contributed by atoms with Crippen molar-refractivity contribution in [2.45, 2.75) is 19.3 Å². The average Bonchev–Trinajstić information content (AvgIpc) is 2.46. The minimum absolute atomic E-state index is 0.453. The quantitative estimate of drug-likeness (QED) is 0.770. The lowest BCUT2D eigenvalue weighted by molar-refractivity contribution is 0.806. The van der Waals surface area contributed by atoms with E-state index in [1.807, 2.05) is 18.2 Å². The Kier molecular flexibility index (Phi) is 5.16. The van der Waals surface area contributed by atoms with Gasteiger partial charge in [0.05, 0.1) is 5.88 Å². The van der Waals surface area contributed by atoms with Gasteiger partial charge in [0.25, 0.3) is 0 Å². The molecule has 2 heterocycles. The Morgan fingerprint density at radius 1 is 1.32 bits per heavy atom. The summed E-state index contributed by atoms with van der Waals surface area (Å²) in [5.41, 5.74) is 2.24. The zero-order chi connectivity index (χ0) is 13.7. The van der Waals surface area contributed by atoms with Gasteiger partial charge in [0.1, 0.15) is 5.82 Å². The number of hydrogen-bond acceptors (Lipinski definition) is 3. The van der Waals surface area contributed by atoms with Gasteiger partial charge in [0.2, 0.25) is 0 Å². The summed E-state index contributed by atoms with van der Waals surface area (Å²) in [5.74, 6) is 1.40. The Bertz CT molecular complexity index is 533. The number of anilines is 1. The molecule has 2 rings (SSSR count). The Hall–Kier alpha value is -1.13. The molecular formula is C14H15BrClN3. The largest absolute Gasteiger partial charge is 0.352 e. The topological polar surface area (TPSA) is 29.0 Å². The van der Waals surface area contributed by atoms with Crippen molar-refractivity contribution in [3.8, 4) is 0 Å². The zero-order valence-electron chi connectivity index (χ0n) is 10.7. The van der Waals surface area contributed by atoms with Crippen molar-refractivity contribution in [3.63, 3.8) is 0 Å². The van der Waals surface area contributed by atoms with Crippen LogP contribution in [0.15, 0.2) is 41.3 Å². The summed E-state index contributed by atoms with van der Waals surface area (Å²) in [6.07, 6.45) is 5.42. The van der Waals surface area contributed by atoms with E-state index in [1.54, 1.807) is 18.6 Å². The number of aromatic nitrogens is 2. The highest BCUT2D eigenvalue weighted by molar-refractivity contribution is 9.10. The molecule has 100 valence electrons. The molecule has 19 heavy (non-hydrogen) atoms. The number of rotatable bonds is 5. The average molecular weight is 341 g/mol. The predicted octanol–water partition coefficient (Wildman–Crippen LogP) is 4.00. The molecule has 0 atom stereocenters. The first-order chi connectivity index (χ1) is 9.24. The van der Waals surface area contributed by atoms with Gasteiger partial charge in [-0.3, -0.25) is 4.98 Å². The van der Waals surface area contributed by atoms with Gasteiger partial charge < -0.3 is 4.90 Å². The summed E-state index contributed by atoms with van der Waals surface area (Å²) in [6, 6.07) is 6.05. The Labute approximate surface area is 126 Å². The molecule has 0 amide bonds. The summed E-state index contributed by atoms with van der Waals surface area (Å²) in [6.45, 7) is 3.79. The SMILES string of the molecule is CCN(Cc1ccncc1)c1ncc(Br)cc1CCl. The molecule has 0 saturated heterocycles. The molecular weight excluding hydrogens is 326 g/mol. The fraction of sp³-hybridized carbons (Fsp3) is 0.286. The van der Waals surface area contributed by atoms with Crippen molar-refractivity contribution < 1.29 is 0 Å². The first-order valence-electron chi connectivity index (χ1n) is 6.08. The molecule has 0 aliphatic rings. The van der Waals surface area contributed by atoms with E-state index in [0.717, 1.165) is 28.9 Å². The number of alkyl halides is 1. The summed E-state index contributed by atoms with van der Waals surface area (Å²) >= 11 is 9.44. The van der Waals surface area contributed by atoms with E-state index in [9.17, 15) is 0 Å². The predicted molar refractivity (Wildman–Crippen MR) is 82.5 cm³/mol. The highest BCUT2D eigenvalue weighted by Gasteiger charge is 2.12. The minimum atomic E-state index is 0.453. The first-order valence-corrected chi connectivity index (χ1v) is 7.41. The molecule has 5 heteroatoms. The van der Waals surface area contributed by atoms with Crippen LogP contribution in [-0.4, -0.2) is 16.5 Å². The zero-order valence-corrected chi connectivity index (χ0v) is 13.0. The van der Waals surface area contributed by atoms with Crippen molar-refractivity contribution in [1.82, 2.24) is 9.97 Å². The number of halogens is 2. The Morgan fingerprint density at radius 3 is 2.68 bits per heavy atom. The third-order valence-corrected chi connectivity index (χ3v) is 3.58. The number of hydrogen-bond donors (Lipinski definition) is 0. The highest BCUT2D eigenvalue weighted by Crippen LogP contribution is 2.24. The third-order valence-electron chi connectivity index (χ3n) is 2.86. The maximum absolute atomic E-state index is 6.01. The Balaban J connectivity index is 2.27. The molecule has 0 radical (unpaired) electrons. The second kappa shape index (κ2) is 6.87. The maximum atomic E-state index is 6.01. The van der Waals surface area contributed by atoms with Crippen LogP contribution in [0.3, 0.4) is 0 Å². The lowest BCUT2D eigenvalue weighted by Crippen LogP contribution is -2.24. The van der Waals surface area contributed by atoms with Crippen molar-refractivity contribution in [2.75, 3.05) is 11.4 Å². The van der Waals surface area contributed by atoms with E-state index >= 15 is 0 Å². The lowest BCUT2D eigenvalue weighted by Gasteiger charge is -2.24. The Morgan fingerprint density at radius 2 is 2.05 bits per heavy atom. The van der Waals surface area contributed by atoms with Gasteiger partial charge in [-0.05, 0) is 46.6 Å². The standard InChI is InChI=1S/C14H15BrClN3/c1-2-19(10-11-3-5-17-6-4-11)14-12(8-16)7-13(15)9-18-14/h3-7,9H,2,8,10H2,1H3. The van der Waals surface area contributed by atoms with Crippen LogP contribution in [0.1, 0.15) is 18.1 Å². The summed E-state index contributed by atoms with van der Waals surface area (Å²) < 4.78 is 0.951. The van der Waals surface area contributed by atoms with Gasteiger partial charge in [-0.2, -0.15) is 0 Å². The van der Waals surface area contributed by atoms with E-state index in [0.29, 0.717) is 5.88 Å². The fourth-order valence-corrected chi connectivity index (χ4v) is 2.48. The van der Waals surface area contributed by atoms with Crippen molar-refractivity contribution >= 4 is 33.3 Å². The first kappa shape index (κ1) is 14.3. The molecule has 2 aromatic heterocycles. The molecule has 2 aromatic rings. The van der Waals surface area contributed by atoms with Gasteiger partial charge in [0.15, 0.2) is 0 Å². The van der Waals surface area contributed by atoms with E-state index in [2.05, 4.69) is 37.7 Å². The van der Waals surface area contributed by atoms with Crippen LogP contribution in [0, 0.1) is 0 Å². The summed E-state index contributed by atoms with van der Waals surface area (Å²) in [5, 5.41) is 0. The molecule has 0 fully saturated rings. The smallest absolute Gasteiger partial charge is 0.133 e. The molecule has 0 aliphatic heterocycles. The van der Waals surface area contributed by atoms with Crippen LogP contribution < -0.4 is 4.90 Å². The molecule has 3 nitrogen and oxygen atoms in total. The van der Waals surface area contributed by atoms with Crippen LogP contribution in [0.5, 0.6) is 0 Å². The van der Waals surface area contributed by atoms with E-state index in [1.165, 1.54) is 5.56 Å². The fourth-order valence-electron chi connectivity index (χ4n) is 1.90. The molecule has 0 unspecified atom stereocenters. The van der Waals surface area contributed by atoms with Gasteiger partial charge in [-0.15, -0.1) is 11.6 Å². The molecule has 0 bridgehead atoms. The molecule has 0 aliphatic carbocycles. The van der Waals surface area contributed by atoms with Gasteiger partial charge in [0, 0.05) is 41.7 Å².